The van der Waals surface area contributed by atoms with Gasteiger partial charge in [0, 0.05) is 56.9 Å². The number of benzene rings is 2. The minimum Gasteiger partial charge on any atom is -0.507 e. The van der Waals surface area contributed by atoms with Crippen LogP contribution in [-0.2, 0) is 0 Å². The highest BCUT2D eigenvalue weighted by molar-refractivity contribution is 6.02. The first-order valence-corrected chi connectivity index (χ1v) is 11.7. The van der Waals surface area contributed by atoms with E-state index in [1.807, 2.05) is 19.9 Å². The van der Waals surface area contributed by atoms with Crippen molar-refractivity contribution in [3.63, 3.8) is 0 Å². The van der Waals surface area contributed by atoms with Gasteiger partial charge in [0.2, 0.25) is 0 Å². The van der Waals surface area contributed by atoms with Crippen molar-refractivity contribution in [1.82, 2.24) is 9.80 Å². The number of anilines is 1. The van der Waals surface area contributed by atoms with E-state index in [1.165, 1.54) is 11.8 Å². The number of Topliss-reactive ketones (excluding diaryl/α,β-unsaturated/α-hetero) is 1. The summed E-state index contributed by atoms with van der Waals surface area (Å²) >= 11 is 0. The zero-order valence-electron chi connectivity index (χ0n) is 19.3. The van der Waals surface area contributed by atoms with Gasteiger partial charge >= 0.3 is 0 Å². The summed E-state index contributed by atoms with van der Waals surface area (Å²) in [5.41, 5.74) is 1.98. The van der Waals surface area contributed by atoms with Crippen molar-refractivity contribution >= 4 is 17.4 Å². The first kappa shape index (κ1) is 23.8. The van der Waals surface area contributed by atoms with Crippen LogP contribution in [0.4, 0.5) is 5.69 Å². The van der Waals surface area contributed by atoms with E-state index in [-0.39, 0.29) is 23.0 Å². The number of phenolic OH excluding ortho intramolecular Hbond substituents is 1. The summed E-state index contributed by atoms with van der Waals surface area (Å²) in [5.74, 6) is -0.294. The molecule has 6 nitrogen and oxygen atoms in total. The van der Waals surface area contributed by atoms with Gasteiger partial charge in [-0.1, -0.05) is 18.2 Å². The standard InChI is InChI=1S/C26H35N3O3/c1-3-28(4-2)26(32)23-20-21(13-14-25(23)31)24(30)12-8-9-15-27-16-18-29(19-17-27)22-10-6-5-7-11-22/h5-7,10-11,13-14,20,31H,3-4,8-9,12,15-19H2,1-2H3. The lowest BCUT2D eigenvalue weighted by Crippen LogP contribution is -2.46. The van der Waals surface area contributed by atoms with Crippen LogP contribution in [0.1, 0.15) is 53.8 Å². The van der Waals surface area contributed by atoms with Gasteiger partial charge in [-0.25, -0.2) is 0 Å². The Morgan fingerprint density at radius 1 is 0.938 bits per heavy atom. The highest BCUT2D eigenvalue weighted by atomic mass is 16.3. The Balaban J connectivity index is 1.43. The van der Waals surface area contributed by atoms with E-state index in [0.29, 0.717) is 25.1 Å². The van der Waals surface area contributed by atoms with Gasteiger partial charge in [-0.15, -0.1) is 0 Å². The molecular formula is C26H35N3O3. The molecule has 3 rings (SSSR count). The van der Waals surface area contributed by atoms with Crippen LogP contribution in [0.15, 0.2) is 48.5 Å². The fraction of sp³-hybridized carbons (Fsp3) is 0.462. The molecule has 1 heterocycles. The smallest absolute Gasteiger partial charge is 0.257 e. The van der Waals surface area contributed by atoms with E-state index in [0.717, 1.165) is 45.6 Å². The number of rotatable bonds is 10. The van der Waals surface area contributed by atoms with Crippen LogP contribution in [0.25, 0.3) is 0 Å². The maximum absolute atomic E-state index is 12.7. The van der Waals surface area contributed by atoms with Crippen molar-refractivity contribution in [3.8, 4) is 5.75 Å². The number of piperazine rings is 1. The normalized spacial score (nSPS) is 14.4. The van der Waals surface area contributed by atoms with Crippen LogP contribution in [-0.4, -0.2) is 72.4 Å². The third kappa shape index (κ3) is 6.10. The van der Waals surface area contributed by atoms with Gasteiger partial charge in [0.25, 0.3) is 5.91 Å². The molecule has 0 atom stereocenters. The Morgan fingerprint density at radius 3 is 2.28 bits per heavy atom. The minimum atomic E-state index is -0.239. The number of unbranched alkanes of at least 4 members (excludes halogenated alkanes) is 1. The summed E-state index contributed by atoms with van der Waals surface area (Å²) in [6.45, 7) is 10.1. The molecule has 1 saturated heterocycles. The van der Waals surface area contributed by atoms with Crippen LogP contribution in [0.2, 0.25) is 0 Å². The molecule has 1 fully saturated rings. The first-order valence-electron chi connectivity index (χ1n) is 11.7. The van der Waals surface area contributed by atoms with Crippen LogP contribution in [0.3, 0.4) is 0 Å². The molecule has 2 aromatic rings. The van der Waals surface area contributed by atoms with Crippen molar-refractivity contribution in [3.05, 3.63) is 59.7 Å². The van der Waals surface area contributed by atoms with E-state index in [4.69, 9.17) is 0 Å². The van der Waals surface area contributed by atoms with Gasteiger partial charge in [-0.2, -0.15) is 0 Å². The average Bonchev–Trinajstić information content (AvgIpc) is 2.83. The highest BCUT2D eigenvalue weighted by Gasteiger charge is 2.19. The van der Waals surface area contributed by atoms with Crippen LogP contribution < -0.4 is 4.90 Å². The number of para-hydroxylation sites is 1. The lowest BCUT2D eigenvalue weighted by Gasteiger charge is -2.36. The molecule has 1 aliphatic rings. The summed E-state index contributed by atoms with van der Waals surface area (Å²) in [7, 11) is 0. The van der Waals surface area contributed by atoms with Crippen molar-refractivity contribution in [1.29, 1.82) is 0 Å². The number of carbonyl (C=O) groups is 2. The van der Waals surface area contributed by atoms with E-state index in [9.17, 15) is 14.7 Å². The molecule has 0 aromatic heterocycles. The zero-order valence-corrected chi connectivity index (χ0v) is 19.3. The highest BCUT2D eigenvalue weighted by Crippen LogP contribution is 2.22. The molecule has 2 aromatic carbocycles. The Labute approximate surface area is 191 Å². The molecule has 172 valence electrons. The van der Waals surface area contributed by atoms with E-state index < -0.39 is 0 Å². The lowest BCUT2D eigenvalue weighted by molar-refractivity contribution is 0.0770. The predicted molar refractivity (Wildman–Crippen MR) is 129 cm³/mol. The van der Waals surface area contributed by atoms with Crippen molar-refractivity contribution in [2.24, 2.45) is 0 Å². The molecule has 0 aliphatic carbocycles. The third-order valence-corrected chi connectivity index (χ3v) is 6.22. The molecule has 0 unspecified atom stereocenters. The van der Waals surface area contributed by atoms with E-state index in [2.05, 4.69) is 34.1 Å². The molecule has 1 N–H and O–H groups in total. The topological polar surface area (TPSA) is 64.1 Å². The summed E-state index contributed by atoms with van der Waals surface area (Å²) in [6.07, 6.45) is 2.24. The van der Waals surface area contributed by atoms with Gasteiger partial charge in [0.1, 0.15) is 5.75 Å². The van der Waals surface area contributed by atoms with Gasteiger partial charge in [-0.05, 0) is 63.6 Å². The Kier molecular flexibility index (Phi) is 8.68. The second-order valence-corrected chi connectivity index (χ2v) is 8.25. The summed E-state index contributed by atoms with van der Waals surface area (Å²) in [4.78, 5) is 31.8. The Bertz CT molecular complexity index is 888. The number of phenols is 1. The molecule has 1 amide bonds. The number of ketones is 1. The number of nitrogens with zero attached hydrogens (tertiary/aromatic N) is 3. The molecule has 0 radical (unpaired) electrons. The molecule has 6 heteroatoms. The van der Waals surface area contributed by atoms with Gasteiger partial charge in [0.15, 0.2) is 5.78 Å². The monoisotopic (exact) mass is 437 g/mol. The minimum absolute atomic E-state index is 0.0208. The summed E-state index contributed by atoms with van der Waals surface area (Å²) < 4.78 is 0. The maximum atomic E-state index is 12.7. The van der Waals surface area contributed by atoms with Gasteiger partial charge in [-0.3, -0.25) is 14.5 Å². The molecule has 0 bridgehead atoms. The summed E-state index contributed by atoms with van der Waals surface area (Å²) in [6, 6.07) is 15.1. The zero-order chi connectivity index (χ0) is 22.9. The molecule has 1 aliphatic heterocycles. The lowest BCUT2D eigenvalue weighted by atomic mass is 10.0. The first-order chi connectivity index (χ1) is 15.5. The number of carbonyl (C=O) groups excluding carboxylic acids is 2. The van der Waals surface area contributed by atoms with Gasteiger partial charge < -0.3 is 14.9 Å². The Hall–Kier alpha value is -2.86. The SMILES string of the molecule is CCN(CC)C(=O)c1cc(C(=O)CCCCN2CCN(c3ccccc3)CC2)ccc1O. The van der Waals surface area contributed by atoms with Gasteiger partial charge in [0.05, 0.1) is 5.56 Å². The molecule has 32 heavy (non-hydrogen) atoms. The van der Waals surface area contributed by atoms with Crippen molar-refractivity contribution in [2.45, 2.75) is 33.1 Å². The third-order valence-electron chi connectivity index (χ3n) is 6.22. The quantitative estimate of drug-likeness (QED) is 0.449. The largest absolute Gasteiger partial charge is 0.507 e. The second kappa shape index (κ2) is 11.7. The van der Waals surface area contributed by atoms with Crippen molar-refractivity contribution < 1.29 is 14.7 Å². The number of amides is 1. The second-order valence-electron chi connectivity index (χ2n) is 8.25. The van der Waals surface area contributed by atoms with E-state index >= 15 is 0 Å². The predicted octanol–water partition coefficient (Wildman–Crippen LogP) is 4.05. The summed E-state index contributed by atoms with van der Waals surface area (Å²) in [5, 5.41) is 10.1. The molecular weight excluding hydrogens is 402 g/mol. The van der Waals surface area contributed by atoms with Crippen molar-refractivity contribution in [2.75, 3.05) is 50.7 Å². The molecule has 0 spiro atoms. The van der Waals surface area contributed by atoms with E-state index in [1.54, 1.807) is 17.0 Å². The van der Waals surface area contributed by atoms with Crippen LogP contribution in [0.5, 0.6) is 5.75 Å². The van der Waals surface area contributed by atoms with Crippen LogP contribution in [0, 0.1) is 0 Å². The van der Waals surface area contributed by atoms with Crippen LogP contribution >= 0.6 is 0 Å². The number of hydrogen-bond acceptors (Lipinski definition) is 5. The Morgan fingerprint density at radius 2 is 1.62 bits per heavy atom. The fourth-order valence-electron chi connectivity index (χ4n) is 4.20. The molecule has 0 saturated carbocycles. The number of aromatic hydroxyl groups is 1. The number of hydrogen-bond donors (Lipinski definition) is 1. The maximum Gasteiger partial charge on any atom is 0.257 e. The fourth-order valence-corrected chi connectivity index (χ4v) is 4.20. The average molecular weight is 438 g/mol.